The van der Waals surface area contributed by atoms with Crippen LogP contribution in [0.3, 0.4) is 0 Å². The molecule has 8 heteroatoms. The van der Waals surface area contributed by atoms with Gasteiger partial charge in [-0.15, -0.1) is 11.3 Å². The maximum absolute atomic E-state index is 12.2. The molecule has 3 rings (SSSR count). The first-order valence-corrected chi connectivity index (χ1v) is 9.15. The summed E-state index contributed by atoms with van der Waals surface area (Å²) in [5.41, 5.74) is -0.209. The molecule has 0 saturated carbocycles. The number of aromatic nitrogens is 2. The number of halogens is 1. The van der Waals surface area contributed by atoms with Crippen molar-refractivity contribution in [3.05, 3.63) is 43.3 Å². The first kappa shape index (κ1) is 16.2. The number of hydrogen-bond donors (Lipinski definition) is 2. The fourth-order valence-electron chi connectivity index (χ4n) is 2.74. The van der Waals surface area contributed by atoms with E-state index in [1.807, 2.05) is 11.4 Å². The summed E-state index contributed by atoms with van der Waals surface area (Å²) >= 11 is 4.78. The molecule has 0 radical (unpaired) electrons. The molecule has 0 spiro atoms. The zero-order chi connectivity index (χ0) is 16.2. The highest BCUT2D eigenvalue weighted by Crippen LogP contribution is 2.22. The smallest absolute Gasteiger partial charge is 0.264 e. The van der Waals surface area contributed by atoms with E-state index in [1.54, 1.807) is 6.07 Å². The van der Waals surface area contributed by atoms with Gasteiger partial charge in [-0.1, -0.05) is 0 Å². The van der Waals surface area contributed by atoms with Crippen molar-refractivity contribution in [2.45, 2.75) is 25.3 Å². The molecule has 0 aromatic carbocycles. The highest BCUT2D eigenvalue weighted by Gasteiger charge is 2.24. The van der Waals surface area contributed by atoms with Crippen molar-refractivity contribution in [1.82, 2.24) is 15.5 Å². The number of H-pyrrole nitrogens is 1. The van der Waals surface area contributed by atoms with Crippen molar-refractivity contribution in [3.8, 4) is 0 Å². The summed E-state index contributed by atoms with van der Waals surface area (Å²) in [6.07, 6.45) is 3.21. The maximum atomic E-state index is 12.2. The lowest BCUT2D eigenvalue weighted by atomic mass is 10.0. The molecule has 122 valence electrons. The van der Waals surface area contributed by atoms with Gasteiger partial charge in [-0.2, -0.15) is 5.10 Å². The number of thiophene rings is 1. The van der Waals surface area contributed by atoms with Crippen LogP contribution in [0.5, 0.6) is 0 Å². The van der Waals surface area contributed by atoms with Gasteiger partial charge in [0.15, 0.2) is 0 Å². The van der Waals surface area contributed by atoms with Crippen molar-refractivity contribution in [3.63, 3.8) is 0 Å². The molecule has 2 N–H and O–H groups in total. The summed E-state index contributed by atoms with van der Waals surface area (Å²) < 4.78 is 0.921. The maximum Gasteiger partial charge on any atom is 0.264 e. The summed E-state index contributed by atoms with van der Waals surface area (Å²) in [7, 11) is 0. The second-order valence-corrected chi connectivity index (χ2v) is 7.29. The van der Waals surface area contributed by atoms with Crippen LogP contribution in [0.2, 0.25) is 0 Å². The van der Waals surface area contributed by atoms with E-state index in [9.17, 15) is 9.59 Å². The average Bonchev–Trinajstić information content (AvgIpc) is 3.00. The van der Waals surface area contributed by atoms with Gasteiger partial charge in [0.25, 0.3) is 11.5 Å². The predicted molar refractivity (Wildman–Crippen MR) is 94.2 cm³/mol. The predicted octanol–water partition coefficient (Wildman–Crippen LogP) is 2.38. The van der Waals surface area contributed by atoms with Gasteiger partial charge in [-0.25, -0.2) is 5.10 Å². The Kier molecular flexibility index (Phi) is 5.12. The first-order valence-electron chi connectivity index (χ1n) is 7.48. The van der Waals surface area contributed by atoms with E-state index < -0.39 is 0 Å². The van der Waals surface area contributed by atoms with Gasteiger partial charge in [0.05, 0.1) is 4.88 Å². The number of piperidine rings is 1. The van der Waals surface area contributed by atoms with Gasteiger partial charge in [-0.05, 0) is 47.3 Å². The lowest BCUT2D eigenvalue weighted by molar-refractivity contribution is 0.0953. The number of nitrogens with one attached hydrogen (secondary N) is 2. The monoisotopic (exact) mass is 396 g/mol. The third-order valence-corrected chi connectivity index (χ3v) is 5.57. The largest absolute Gasteiger partial charge is 0.350 e. The number of anilines is 1. The molecule has 23 heavy (non-hydrogen) atoms. The van der Waals surface area contributed by atoms with Gasteiger partial charge in [0.2, 0.25) is 0 Å². The fourth-order valence-corrected chi connectivity index (χ4v) is 4.08. The second-order valence-electron chi connectivity index (χ2n) is 5.46. The first-order chi connectivity index (χ1) is 11.1. The number of carbonyl (C=O) groups excluding carboxylic acids is 1. The molecule has 1 aliphatic heterocycles. The van der Waals surface area contributed by atoms with E-state index in [4.69, 9.17) is 0 Å². The van der Waals surface area contributed by atoms with Crippen LogP contribution in [0.15, 0.2) is 32.8 Å². The molecule has 1 amide bonds. The van der Waals surface area contributed by atoms with Crippen molar-refractivity contribution < 1.29 is 4.79 Å². The minimum atomic E-state index is -0.209. The zero-order valence-electron chi connectivity index (χ0n) is 12.4. The molecule has 2 aromatic heterocycles. The van der Waals surface area contributed by atoms with E-state index in [0.717, 1.165) is 36.1 Å². The van der Waals surface area contributed by atoms with Crippen LogP contribution in [0.4, 0.5) is 5.82 Å². The molecule has 2 aromatic rings. The van der Waals surface area contributed by atoms with Crippen molar-refractivity contribution in [2.24, 2.45) is 0 Å². The average molecular weight is 397 g/mol. The van der Waals surface area contributed by atoms with E-state index in [1.165, 1.54) is 17.4 Å². The highest BCUT2D eigenvalue weighted by molar-refractivity contribution is 9.10. The minimum Gasteiger partial charge on any atom is -0.350 e. The third-order valence-electron chi connectivity index (χ3n) is 3.88. The molecule has 3 heterocycles. The lowest BCUT2D eigenvalue weighted by Crippen LogP contribution is -2.47. The van der Waals surface area contributed by atoms with Gasteiger partial charge in [0, 0.05) is 35.1 Å². The summed E-state index contributed by atoms with van der Waals surface area (Å²) in [6, 6.07) is 5.22. The third kappa shape index (κ3) is 4.00. The summed E-state index contributed by atoms with van der Waals surface area (Å²) in [5.74, 6) is 0.697. The van der Waals surface area contributed by atoms with Crippen molar-refractivity contribution >= 4 is 39.0 Å². The van der Waals surface area contributed by atoms with Gasteiger partial charge >= 0.3 is 0 Å². The molecular weight excluding hydrogens is 380 g/mol. The number of rotatable bonds is 4. The Morgan fingerprint density at radius 2 is 2.35 bits per heavy atom. The van der Waals surface area contributed by atoms with Crippen molar-refractivity contribution in [1.29, 1.82) is 0 Å². The topological polar surface area (TPSA) is 78.1 Å². The number of nitrogens with zero attached hydrogens (tertiary/aromatic N) is 2. The molecule has 0 aliphatic carbocycles. The SMILES string of the molecule is O=C(NCC1CCCCN1c1ccc(=O)[nH]n1)c1cc(Br)cs1. The molecule has 1 aliphatic rings. The Balaban J connectivity index is 1.66. The molecule has 1 unspecified atom stereocenters. The van der Waals surface area contributed by atoms with Crippen LogP contribution in [0, 0.1) is 0 Å². The van der Waals surface area contributed by atoms with Crippen LogP contribution >= 0.6 is 27.3 Å². The minimum absolute atomic E-state index is 0.0550. The Morgan fingerprint density at radius 3 is 3.04 bits per heavy atom. The Bertz CT molecular complexity index is 725. The second kappa shape index (κ2) is 7.27. The van der Waals surface area contributed by atoms with E-state index in [0.29, 0.717) is 11.4 Å². The highest BCUT2D eigenvalue weighted by atomic mass is 79.9. The van der Waals surface area contributed by atoms with E-state index in [2.05, 4.69) is 36.3 Å². The lowest BCUT2D eigenvalue weighted by Gasteiger charge is -2.36. The number of carbonyl (C=O) groups is 1. The van der Waals surface area contributed by atoms with Crippen LogP contribution < -0.4 is 15.8 Å². The molecule has 0 bridgehead atoms. The Labute approximate surface area is 146 Å². The Hall–Kier alpha value is -1.67. The molecule has 1 atom stereocenters. The normalized spacial score (nSPS) is 18.0. The van der Waals surface area contributed by atoms with Gasteiger partial charge < -0.3 is 10.2 Å². The summed E-state index contributed by atoms with van der Waals surface area (Å²) in [6.45, 7) is 1.44. The summed E-state index contributed by atoms with van der Waals surface area (Å²) in [5, 5.41) is 11.5. The zero-order valence-corrected chi connectivity index (χ0v) is 14.8. The van der Waals surface area contributed by atoms with E-state index in [-0.39, 0.29) is 17.5 Å². The molecule has 1 saturated heterocycles. The molecular formula is C15H17BrN4O2S. The van der Waals surface area contributed by atoms with Crippen molar-refractivity contribution in [2.75, 3.05) is 18.0 Å². The quantitative estimate of drug-likeness (QED) is 0.831. The fraction of sp³-hybridized carbons (Fsp3) is 0.400. The van der Waals surface area contributed by atoms with Crippen LogP contribution in [0.1, 0.15) is 28.9 Å². The number of amides is 1. The van der Waals surface area contributed by atoms with E-state index >= 15 is 0 Å². The number of aromatic amines is 1. The number of hydrogen-bond acceptors (Lipinski definition) is 5. The van der Waals surface area contributed by atoms with Crippen LogP contribution in [-0.2, 0) is 0 Å². The Morgan fingerprint density at radius 1 is 1.48 bits per heavy atom. The molecule has 1 fully saturated rings. The van der Waals surface area contributed by atoms with Gasteiger partial charge in [0.1, 0.15) is 5.82 Å². The van der Waals surface area contributed by atoms with Gasteiger partial charge in [-0.3, -0.25) is 9.59 Å². The molecule has 6 nitrogen and oxygen atoms in total. The van der Waals surface area contributed by atoms with Crippen LogP contribution in [0.25, 0.3) is 0 Å². The standard InChI is InChI=1S/C15H17BrN4O2S/c16-10-7-12(23-9-10)15(22)17-8-11-3-1-2-6-20(11)13-4-5-14(21)19-18-13/h4-5,7,9,11H,1-3,6,8H2,(H,17,22)(H,19,21). The van der Waals surface area contributed by atoms with Crippen LogP contribution in [-0.4, -0.2) is 35.2 Å². The summed E-state index contributed by atoms with van der Waals surface area (Å²) in [4.78, 5) is 26.2.